The third kappa shape index (κ3) is 2.83. The third-order valence-electron chi connectivity index (χ3n) is 3.17. The van der Waals surface area contributed by atoms with Crippen LogP contribution in [0.4, 0.5) is 18.0 Å². The number of imidazole rings is 1. The van der Waals surface area contributed by atoms with Crippen molar-refractivity contribution in [1.82, 2.24) is 9.55 Å². The Hall–Kier alpha value is -1.76. The van der Waals surface area contributed by atoms with Crippen molar-refractivity contribution in [3.05, 3.63) is 28.5 Å². The normalized spacial score (nSPS) is 12.0. The van der Waals surface area contributed by atoms with E-state index in [-0.39, 0.29) is 28.3 Å². The van der Waals surface area contributed by atoms with E-state index in [1.807, 2.05) is 6.92 Å². The van der Waals surface area contributed by atoms with Crippen LogP contribution in [0.25, 0.3) is 11.0 Å². The molecule has 2 aromatic rings. The van der Waals surface area contributed by atoms with Gasteiger partial charge in [0.05, 0.1) is 16.6 Å². The van der Waals surface area contributed by atoms with Gasteiger partial charge in [0.25, 0.3) is 0 Å². The van der Waals surface area contributed by atoms with Crippen LogP contribution in [0.5, 0.6) is 0 Å². The van der Waals surface area contributed by atoms with Gasteiger partial charge in [-0.15, -0.1) is 0 Å². The van der Waals surface area contributed by atoms with Crippen LogP contribution in [0, 0.1) is 0 Å². The van der Waals surface area contributed by atoms with Crippen LogP contribution in [0.3, 0.4) is 0 Å². The Labute approximate surface area is 123 Å². The van der Waals surface area contributed by atoms with Crippen LogP contribution in [0.1, 0.15) is 30.9 Å². The molecule has 114 valence electrons. The maximum absolute atomic E-state index is 13.1. The summed E-state index contributed by atoms with van der Waals surface area (Å²) in [6, 6.07) is 1.96. The van der Waals surface area contributed by atoms with E-state index in [4.69, 9.17) is 16.7 Å². The molecule has 1 N–H and O–H groups in total. The molecule has 0 aliphatic rings. The molecule has 0 radical (unpaired) electrons. The molecule has 0 aliphatic carbocycles. The van der Waals surface area contributed by atoms with Gasteiger partial charge in [0.1, 0.15) is 0 Å². The number of halogens is 4. The van der Waals surface area contributed by atoms with Crippen molar-refractivity contribution in [2.75, 3.05) is 0 Å². The van der Waals surface area contributed by atoms with Crippen molar-refractivity contribution in [2.24, 2.45) is 0 Å². The first-order chi connectivity index (χ1) is 9.77. The fraction of sp³-hybridized carbons (Fsp3) is 0.385. The van der Waals surface area contributed by atoms with Crippen LogP contribution in [-0.4, -0.2) is 20.8 Å². The number of aryl methyl sites for hydroxylation is 1. The van der Waals surface area contributed by atoms with E-state index in [9.17, 15) is 18.0 Å². The first-order valence-corrected chi connectivity index (χ1v) is 6.65. The average molecular weight is 321 g/mol. The quantitative estimate of drug-likeness (QED) is 0.900. The highest BCUT2D eigenvalue weighted by Crippen LogP contribution is 2.36. The zero-order valence-corrected chi connectivity index (χ0v) is 11.8. The van der Waals surface area contributed by atoms with E-state index >= 15 is 0 Å². The van der Waals surface area contributed by atoms with Gasteiger partial charge in [-0.2, -0.15) is 13.2 Å². The minimum absolute atomic E-state index is 0.00863. The Morgan fingerprint density at radius 1 is 1.43 bits per heavy atom. The van der Waals surface area contributed by atoms with Gasteiger partial charge in [-0.05, 0) is 42.1 Å². The molecule has 0 saturated heterocycles. The monoisotopic (exact) mass is 320 g/mol. The van der Waals surface area contributed by atoms with E-state index in [1.54, 1.807) is 0 Å². The Balaban J connectivity index is 2.76. The van der Waals surface area contributed by atoms with Crippen LogP contribution in [0.2, 0.25) is 5.28 Å². The Bertz CT molecular complexity index is 695. The van der Waals surface area contributed by atoms with Crippen LogP contribution in [-0.2, 0) is 12.6 Å². The number of carboxylic acid groups (broad SMARTS) is 1. The Morgan fingerprint density at radius 3 is 2.62 bits per heavy atom. The first kappa shape index (κ1) is 15.6. The molecule has 0 bridgehead atoms. The number of nitrogens with zero attached hydrogens (tertiary/aromatic N) is 2. The molecule has 0 aliphatic heterocycles. The van der Waals surface area contributed by atoms with Crippen molar-refractivity contribution in [3.8, 4) is 0 Å². The minimum Gasteiger partial charge on any atom is -0.464 e. The van der Waals surface area contributed by atoms with E-state index in [2.05, 4.69) is 4.98 Å². The van der Waals surface area contributed by atoms with E-state index in [0.29, 0.717) is 17.4 Å². The van der Waals surface area contributed by atoms with Gasteiger partial charge in [-0.3, -0.25) is 0 Å². The lowest BCUT2D eigenvalue weighted by molar-refractivity contribution is -0.138. The second-order valence-corrected chi connectivity index (χ2v) is 4.90. The molecule has 8 heteroatoms. The number of hydrogen-bond donors (Lipinski definition) is 1. The molecule has 0 saturated carbocycles. The molecule has 1 aromatic heterocycles. The van der Waals surface area contributed by atoms with Gasteiger partial charge in [0, 0.05) is 0 Å². The second-order valence-electron chi connectivity index (χ2n) is 4.56. The van der Waals surface area contributed by atoms with E-state index in [1.165, 1.54) is 0 Å². The molecule has 0 spiro atoms. The average Bonchev–Trinajstić information content (AvgIpc) is 2.70. The molecule has 0 atom stereocenters. The largest absolute Gasteiger partial charge is 0.464 e. The standard InChI is InChI=1S/C13H12ClF3N2O2/c1-2-3-4-7-8(13(15,16)17)5-6-9-10(7)18-11(14)19(9)12(20)21/h5-6H,2-4H2,1H3,(H,20,21). The minimum atomic E-state index is -4.52. The zero-order valence-electron chi connectivity index (χ0n) is 11.0. The van der Waals surface area contributed by atoms with Gasteiger partial charge in [-0.1, -0.05) is 13.3 Å². The highest BCUT2D eigenvalue weighted by molar-refractivity contribution is 6.30. The molecule has 1 aromatic carbocycles. The van der Waals surface area contributed by atoms with Crippen LogP contribution >= 0.6 is 11.6 Å². The molecule has 0 fully saturated rings. The summed E-state index contributed by atoms with van der Waals surface area (Å²) in [4.78, 5) is 14.9. The van der Waals surface area contributed by atoms with Crippen LogP contribution < -0.4 is 0 Å². The first-order valence-electron chi connectivity index (χ1n) is 6.27. The molecule has 4 nitrogen and oxygen atoms in total. The summed E-state index contributed by atoms with van der Waals surface area (Å²) in [7, 11) is 0. The van der Waals surface area contributed by atoms with Crippen molar-refractivity contribution in [2.45, 2.75) is 32.4 Å². The number of benzene rings is 1. The number of aromatic nitrogens is 2. The number of rotatable bonds is 3. The molecule has 2 rings (SSSR count). The van der Waals surface area contributed by atoms with Gasteiger partial charge < -0.3 is 5.11 Å². The summed E-state index contributed by atoms with van der Waals surface area (Å²) >= 11 is 5.73. The van der Waals surface area contributed by atoms with Crippen LogP contribution in [0.15, 0.2) is 12.1 Å². The summed E-state index contributed by atoms with van der Waals surface area (Å²) in [5, 5.41) is 8.70. The lowest BCUT2D eigenvalue weighted by atomic mass is 10.00. The SMILES string of the molecule is CCCCc1c(C(F)(F)F)ccc2c1nc(Cl)n2C(=O)O. The third-order valence-corrected chi connectivity index (χ3v) is 3.42. The van der Waals surface area contributed by atoms with Crippen molar-refractivity contribution in [1.29, 1.82) is 0 Å². The Morgan fingerprint density at radius 2 is 2.10 bits per heavy atom. The smallest absolute Gasteiger partial charge is 0.418 e. The number of unbranched alkanes of at least 4 members (excludes halogenated alkanes) is 1. The molecular weight excluding hydrogens is 309 g/mol. The fourth-order valence-electron chi connectivity index (χ4n) is 2.22. The van der Waals surface area contributed by atoms with E-state index in [0.717, 1.165) is 12.1 Å². The number of fused-ring (bicyclic) bond motifs is 1. The lowest BCUT2D eigenvalue weighted by Crippen LogP contribution is -2.11. The van der Waals surface area contributed by atoms with Gasteiger partial charge in [-0.25, -0.2) is 14.3 Å². The molecule has 0 unspecified atom stereocenters. The number of alkyl halides is 3. The van der Waals surface area contributed by atoms with Crippen molar-refractivity contribution < 1.29 is 23.1 Å². The maximum atomic E-state index is 13.1. The van der Waals surface area contributed by atoms with Gasteiger partial charge >= 0.3 is 12.3 Å². The van der Waals surface area contributed by atoms with Crippen molar-refractivity contribution in [3.63, 3.8) is 0 Å². The van der Waals surface area contributed by atoms with E-state index < -0.39 is 17.8 Å². The summed E-state index contributed by atoms with van der Waals surface area (Å²) in [6.07, 6.45) is -4.49. The topological polar surface area (TPSA) is 55.1 Å². The van der Waals surface area contributed by atoms with Gasteiger partial charge in [0.2, 0.25) is 5.28 Å². The zero-order chi connectivity index (χ0) is 15.8. The highest BCUT2D eigenvalue weighted by atomic mass is 35.5. The molecule has 1 heterocycles. The van der Waals surface area contributed by atoms with Gasteiger partial charge in [0.15, 0.2) is 0 Å². The van der Waals surface area contributed by atoms with Crippen molar-refractivity contribution >= 4 is 28.7 Å². The maximum Gasteiger partial charge on any atom is 0.418 e. The summed E-state index contributed by atoms with van der Waals surface area (Å²) in [6.45, 7) is 1.86. The molecule has 21 heavy (non-hydrogen) atoms. The molecule has 0 amide bonds. The second kappa shape index (κ2) is 5.55. The predicted molar refractivity (Wildman–Crippen MR) is 71.8 cm³/mol. The number of carbonyl (C=O) groups is 1. The molecular formula is C13H12ClF3N2O2. The number of hydrogen-bond acceptors (Lipinski definition) is 2. The lowest BCUT2D eigenvalue weighted by Gasteiger charge is -2.13. The fourth-order valence-corrected chi connectivity index (χ4v) is 2.47. The Kier molecular flexibility index (Phi) is 4.13. The summed E-state index contributed by atoms with van der Waals surface area (Å²) in [5.41, 5.74) is -0.754. The highest BCUT2D eigenvalue weighted by Gasteiger charge is 2.35. The predicted octanol–water partition coefficient (Wildman–Crippen LogP) is 4.58. The summed E-state index contributed by atoms with van der Waals surface area (Å²) < 4.78 is 39.9. The summed E-state index contributed by atoms with van der Waals surface area (Å²) in [5.74, 6) is 0.